The third-order valence-corrected chi connectivity index (χ3v) is 5.47. The molecule has 0 aromatic heterocycles. The van der Waals surface area contributed by atoms with E-state index >= 15 is 0 Å². The molecule has 1 N–H and O–H groups in total. The molecule has 1 fully saturated rings. The summed E-state index contributed by atoms with van der Waals surface area (Å²) in [5, 5.41) is 3.92. The number of amides is 1. The van der Waals surface area contributed by atoms with Crippen molar-refractivity contribution in [2.75, 3.05) is 13.7 Å². The van der Waals surface area contributed by atoms with Crippen molar-refractivity contribution in [2.24, 2.45) is 5.10 Å². The van der Waals surface area contributed by atoms with E-state index in [0.717, 1.165) is 23.4 Å². The number of hydrazone groups is 1. The number of rotatable bonds is 6. The summed E-state index contributed by atoms with van der Waals surface area (Å²) in [4.78, 5) is 27.1. The van der Waals surface area contributed by atoms with Crippen LogP contribution in [0.1, 0.15) is 5.56 Å². The van der Waals surface area contributed by atoms with Crippen LogP contribution in [0, 0.1) is 6.92 Å². The standard InChI is InChI=1S/C16H17N3O5S2/c1-4-9-19-15(21)13(10-14(20)24-3)25-16(19)17-18-26(22,23)12-7-5-11(2)6-8-12/h4-8,10,18H,1,9H2,2-3H3/b13-10-,17-16+. The molecule has 1 aromatic carbocycles. The van der Waals surface area contributed by atoms with Crippen LogP contribution in [-0.2, 0) is 24.3 Å². The SMILES string of the molecule is C=CCN1C(=O)/C(=C/C(=O)OC)S/C1=N/NS(=O)(=O)c1ccc(C)cc1. The lowest BCUT2D eigenvalue weighted by atomic mass is 10.2. The van der Waals surface area contributed by atoms with Crippen LogP contribution in [0.15, 0.2) is 57.9 Å². The van der Waals surface area contributed by atoms with Gasteiger partial charge in [0.2, 0.25) is 0 Å². The van der Waals surface area contributed by atoms with Gasteiger partial charge in [-0.2, -0.15) is 13.2 Å². The molecule has 138 valence electrons. The molecule has 0 saturated carbocycles. The zero-order valence-electron chi connectivity index (χ0n) is 14.1. The van der Waals surface area contributed by atoms with Crippen molar-refractivity contribution in [1.29, 1.82) is 0 Å². The normalized spacial score (nSPS) is 17.6. The van der Waals surface area contributed by atoms with Gasteiger partial charge in [-0.25, -0.2) is 4.79 Å². The average Bonchev–Trinajstić information content (AvgIpc) is 2.89. The number of carbonyl (C=O) groups is 2. The summed E-state index contributed by atoms with van der Waals surface area (Å²) in [7, 11) is -2.70. The summed E-state index contributed by atoms with van der Waals surface area (Å²) < 4.78 is 29.1. The van der Waals surface area contributed by atoms with Gasteiger partial charge in [-0.15, -0.1) is 11.7 Å². The number of ether oxygens (including phenoxy) is 1. The van der Waals surface area contributed by atoms with Gasteiger partial charge in [0.1, 0.15) is 0 Å². The Hall–Kier alpha value is -2.59. The molecule has 1 aliphatic heterocycles. The molecule has 2 rings (SSSR count). The van der Waals surface area contributed by atoms with E-state index in [4.69, 9.17) is 0 Å². The predicted molar refractivity (Wildman–Crippen MR) is 98.5 cm³/mol. The molecule has 1 aliphatic rings. The first-order valence-electron chi connectivity index (χ1n) is 7.35. The molecular formula is C16H17N3O5S2. The summed E-state index contributed by atoms with van der Waals surface area (Å²) in [6.45, 7) is 5.50. The zero-order chi connectivity index (χ0) is 19.3. The van der Waals surface area contributed by atoms with Gasteiger partial charge in [-0.05, 0) is 30.8 Å². The quantitative estimate of drug-likeness (QED) is 0.337. The Bertz CT molecular complexity index is 889. The van der Waals surface area contributed by atoms with Gasteiger partial charge in [0.05, 0.1) is 16.9 Å². The minimum atomic E-state index is -3.89. The molecule has 10 heteroatoms. The lowest BCUT2D eigenvalue weighted by Crippen LogP contribution is -2.31. The maximum Gasteiger partial charge on any atom is 0.331 e. The van der Waals surface area contributed by atoms with E-state index in [0.29, 0.717) is 0 Å². The molecule has 0 spiro atoms. The highest BCUT2D eigenvalue weighted by atomic mass is 32.2. The number of amidine groups is 1. The van der Waals surface area contributed by atoms with Gasteiger partial charge in [-0.1, -0.05) is 23.8 Å². The van der Waals surface area contributed by atoms with E-state index in [1.165, 1.54) is 30.2 Å². The largest absolute Gasteiger partial charge is 0.466 e. The van der Waals surface area contributed by atoms with Crippen LogP contribution in [-0.4, -0.2) is 44.0 Å². The summed E-state index contributed by atoms with van der Waals surface area (Å²) in [5.74, 6) is -1.19. The van der Waals surface area contributed by atoms with Gasteiger partial charge >= 0.3 is 5.97 Å². The van der Waals surface area contributed by atoms with Crippen LogP contribution < -0.4 is 4.83 Å². The summed E-state index contributed by atoms with van der Waals surface area (Å²) >= 11 is 0.861. The average molecular weight is 395 g/mol. The lowest BCUT2D eigenvalue weighted by Gasteiger charge is -2.12. The Morgan fingerprint density at radius 2 is 2.04 bits per heavy atom. The first kappa shape index (κ1) is 19.7. The maximum atomic E-state index is 12.3. The maximum absolute atomic E-state index is 12.3. The molecule has 0 aliphatic carbocycles. The number of hydrogen-bond acceptors (Lipinski definition) is 7. The highest BCUT2D eigenvalue weighted by Crippen LogP contribution is 2.30. The second-order valence-electron chi connectivity index (χ2n) is 5.14. The van der Waals surface area contributed by atoms with Crippen molar-refractivity contribution >= 4 is 38.8 Å². The number of nitrogens with zero attached hydrogens (tertiary/aromatic N) is 2. The van der Waals surface area contributed by atoms with Crippen LogP contribution >= 0.6 is 11.8 Å². The summed E-state index contributed by atoms with van der Waals surface area (Å²) in [6, 6.07) is 6.23. The molecular weight excluding hydrogens is 378 g/mol. The van der Waals surface area contributed by atoms with Crippen LogP contribution in [0.25, 0.3) is 0 Å². The van der Waals surface area contributed by atoms with Crippen molar-refractivity contribution in [3.05, 3.63) is 53.5 Å². The highest BCUT2D eigenvalue weighted by molar-refractivity contribution is 8.18. The van der Waals surface area contributed by atoms with E-state index in [9.17, 15) is 18.0 Å². The molecule has 8 nitrogen and oxygen atoms in total. The van der Waals surface area contributed by atoms with E-state index in [2.05, 4.69) is 21.2 Å². The summed E-state index contributed by atoms with van der Waals surface area (Å²) in [5.41, 5.74) is 0.918. The first-order chi connectivity index (χ1) is 12.3. The number of carbonyl (C=O) groups excluding carboxylic acids is 2. The molecule has 26 heavy (non-hydrogen) atoms. The third-order valence-electron chi connectivity index (χ3n) is 3.24. The number of methoxy groups -OCH3 is 1. The number of esters is 1. The Kier molecular flexibility index (Phi) is 6.22. The van der Waals surface area contributed by atoms with Crippen molar-refractivity contribution in [2.45, 2.75) is 11.8 Å². The molecule has 1 heterocycles. The minimum Gasteiger partial charge on any atom is -0.466 e. The fourth-order valence-electron chi connectivity index (χ4n) is 1.92. The van der Waals surface area contributed by atoms with Gasteiger partial charge in [0, 0.05) is 12.6 Å². The molecule has 0 atom stereocenters. The van der Waals surface area contributed by atoms with Crippen LogP contribution in [0.4, 0.5) is 0 Å². The first-order valence-corrected chi connectivity index (χ1v) is 9.65. The number of nitrogens with one attached hydrogen (secondary N) is 1. The van der Waals surface area contributed by atoms with Crippen molar-refractivity contribution in [3.8, 4) is 0 Å². The molecule has 1 saturated heterocycles. The van der Waals surface area contributed by atoms with Gasteiger partial charge in [0.15, 0.2) is 5.17 Å². The number of aryl methyl sites for hydroxylation is 1. The van der Waals surface area contributed by atoms with Crippen LogP contribution in [0.3, 0.4) is 0 Å². The topological polar surface area (TPSA) is 105 Å². The monoisotopic (exact) mass is 395 g/mol. The fourth-order valence-corrected chi connectivity index (χ4v) is 3.69. The Labute approximate surface area is 155 Å². The fraction of sp³-hybridized carbons (Fsp3) is 0.188. The second-order valence-corrected chi connectivity index (χ2v) is 7.81. The number of benzene rings is 1. The smallest absolute Gasteiger partial charge is 0.331 e. The molecule has 1 amide bonds. The van der Waals surface area contributed by atoms with Crippen LogP contribution in [0.5, 0.6) is 0 Å². The molecule has 1 aromatic rings. The van der Waals surface area contributed by atoms with E-state index in [1.54, 1.807) is 12.1 Å². The Morgan fingerprint density at radius 1 is 1.38 bits per heavy atom. The van der Waals surface area contributed by atoms with Crippen molar-refractivity contribution < 1.29 is 22.7 Å². The summed E-state index contributed by atoms with van der Waals surface area (Å²) in [6.07, 6.45) is 2.49. The third kappa shape index (κ3) is 4.52. The molecule has 0 radical (unpaired) electrons. The van der Waals surface area contributed by atoms with Crippen molar-refractivity contribution in [3.63, 3.8) is 0 Å². The predicted octanol–water partition coefficient (Wildman–Crippen LogP) is 1.36. The molecule has 0 unspecified atom stereocenters. The minimum absolute atomic E-state index is 0.0439. The van der Waals surface area contributed by atoms with Gasteiger partial charge < -0.3 is 4.74 Å². The van der Waals surface area contributed by atoms with Gasteiger partial charge in [-0.3, -0.25) is 9.69 Å². The zero-order valence-corrected chi connectivity index (χ0v) is 15.8. The second kappa shape index (κ2) is 8.19. The highest BCUT2D eigenvalue weighted by Gasteiger charge is 2.34. The van der Waals surface area contributed by atoms with Crippen LogP contribution in [0.2, 0.25) is 0 Å². The number of sulfonamides is 1. The van der Waals surface area contributed by atoms with E-state index in [1.807, 2.05) is 6.92 Å². The molecule has 0 bridgehead atoms. The van der Waals surface area contributed by atoms with Crippen molar-refractivity contribution in [1.82, 2.24) is 9.73 Å². The Morgan fingerprint density at radius 3 is 2.62 bits per heavy atom. The van der Waals surface area contributed by atoms with E-state index in [-0.39, 0.29) is 21.5 Å². The number of hydrogen-bond donors (Lipinski definition) is 1. The van der Waals surface area contributed by atoms with Gasteiger partial charge in [0.25, 0.3) is 15.9 Å². The Balaban J connectivity index is 2.28. The number of thioether (sulfide) groups is 1. The van der Waals surface area contributed by atoms with E-state index < -0.39 is 21.9 Å². The lowest BCUT2D eigenvalue weighted by molar-refractivity contribution is -0.135.